The molecular weight excluding hydrogens is 400 g/mol. The van der Waals surface area contributed by atoms with Gasteiger partial charge in [0.25, 0.3) is 5.91 Å². The van der Waals surface area contributed by atoms with E-state index in [2.05, 4.69) is 10.3 Å². The average Bonchev–Trinajstić information content (AvgIpc) is 3.03. The van der Waals surface area contributed by atoms with Crippen LogP contribution in [0.2, 0.25) is 5.02 Å². The molecule has 3 N–H and O–H groups in total. The summed E-state index contributed by atoms with van der Waals surface area (Å²) in [6, 6.07) is 9.15. The molecule has 29 heavy (non-hydrogen) atoms. The van der Waals surface area contributed by atoms with Crippen molar-refractivity contribution >= 4 is 34.4 Å². The quantitative estimate of drug-likeness (QED) is 0.561. The number of aromatic hydroxyl groups is 1. The summed E-state index contributed by atoms with van der Waals surface area (Å²) in [6.07, 6.45) is 1.53. The lowest BCUT2D eigenvalue weighted by Crippen LogP contribution is -2.30. The number of nitriles is 1. The van der Waals surface area contributed by atoms with Crippen LogP contribution >= 0.6 is 11.6 Å². The zero-order valence-corrected chi connectivity index (χ0v) is 15.9. The molecule has 0 radical (unpaired) electrons. The number of fused-ring (bicyclic) bond motifs is 1. The molecule has 0 unspecified atom stereocenters. The van der Waals surface area contributed by atoms with Crippen molar-refractivity contribution in [3.63, 3.8) is 0 Å². The minimum atomic E-state index is -1.26. The number of hydrogen-bond acceptors (Lipinski definition) is 6. The summed E-state index contributed by atoms with van der Waals surface area (Å²) in [5.41, 5.74) is 0.546. The van der Waals surface area contributed by atoms with Crippen LogP contribution in [0.3, 0.4) is 0 Å². The van der Waals surface area contributed by atoms with Gasteiger partial charge >= 0.3 is 5.97 Å². The standard InChI is InChI=1S/C19H15ClN4O5/c1-29-11-4-2-10(3-5-11)8-24-9-12(20)15-17(24)13(6-21)23-16(18(15)27)19(28)22-7-14(25)26/h2-5,9,27H,7-8H2,1H3,(H,22,28)(H,25,26). The lowest BCUT2D eigenvalue weighted by Gasteiger charge is -2.10. The zero-order valence-electron chi connectivity index (χ0n) is 15.1. The van der Waals surface area contributed by atoms with Gasteiger partial charge in [-0.25, -0.2) is 4.98 Å². The number of aliphatic carboxylic acids is 1. The Morgan fingerprint density at radius 3 is 2.62 bits per heavy atom. The normalized spacial score (nSPS) is 10.5. The second kappa shape index (κ2) is 8.08. The van der Waals surface area contributed by atoms with Gasteiger partial charge < -0.3 is 24.8 Å². The van der Waals surface area contributed by atoms with Crippen molar-refractivity contribution in [2.24, 2.45) is 0 Å². The number of carbonyl (C=O) groups is 2. The number of amides is 1. The number of carbonyl (C=O) groups excluding carboxylic acids is 1. The van der Waals surface area contributed by atoms with E-state index in [0.717, 1.165) is 5.56 Å². The van der Waals surface area contributed by atoms with Crippen LogP contribution in [0.1, 0.15) is 21.7 Å². The molecule has 0 spiro atoms. The predicted molar refractivity (Wildman–Crippen MR) is 103 cm³/mol. The summed E-state index contributed by atoms with van der Waals surface area (Å²) in [6.45, 7) is -0.334. The van der Waals surface area contributed by atoms with Gasteiger partial charge in [-0.3, -0.25) is 9.59 Å². The fraction of sp³-hybridized carbons (Fsp3) is 0.158. The summed E-state index contributed by atoms with van der Waals surface area (Å²) < 4.78 is 6.77. The first-order valence-electron chi connectivity index (χ1n) is 8.30. The number of halogens is 1. The van der Waals surface area contributed by atoms with E-state index in [9.17, 15) is 20.0 Å². The summed E-state index contributed by atoms with van der Waals surface area (Å²) >= 11 is 6.27. The first-order chi connectivity index (χ1) is 13.8. The maximum Gasteiger partial charge on any atom is 0.322 e. The maximum absolute atomic E-state index is 12.2. The molecule has 3 aromatic rings. The van der Waals surface area contributed by atoms with E-state index in [-0.39, 0.29) is 21.6 Å². The van der Waals surface area contributed by atoms with Crippen LogP contribution < -0.4 is 10.1 Å². The molecule has 0 fully saturated rings. The van der Waals surface area contributed by atoms with Gasteiger partial charge in [0.2, 0.25) is 0 Å². The second-order valence-electron chi connectivity index (χ2n) is 6.02. The second-order valence-corrected chi connectivity index (χ2v) is 6.43. The van der Waals surface area contributed by atoms with E-state index < -0.39 is 29.9 Å². The molecule has 0 atom stereocenters. The number of ether oxygens (including phenoxy) is 1. The molecule has 9 nitrogen and oxygen atoms in total. The summed E-state index contributed by atoms with van der Waals surface area (Å²) in [4.78, 5) is 26.8. The third-order valence-electron chi connectivity index (χ3n) is 4.17. The van der Waals surface area contributed by atoms with E-state index in [1.165, 1.54) is 6.20 Å². The van der Waals surface area contributed by atoms with Crippen molar-refractivity contribution in [1.82, 2.24) is 14.9 Å². The zero-order chi connectivity index (χ0) is 21.1. The molecule has 2 heterocycles. The number of nitrogens with zero attached hydrogens (tertiary/aromatic N) is 3. The highest BCUT2D eigenvalue weighted by Gasteiger charge is 2.24. The number of rotatable bonds is 6. The van der Waals surface area contributed by atoms with Crippen molar-refractivity contribution < 1.29 is 24.5 Å². The van der Waals surface area contributed by atoms with Crippen molar-refractivity contribution in [3.8, 4) is 17.6 Å². The molecule has 0 aliphatic rings. The first kappa shape index (κ1) is 20.0. The Bertz CT molecular complexity index is 1150. The molecular formula is C19H15ClN4O5. The molecule has 0 aliphatic heterocycles. The fourth-order valence-corrected chi connectivity index (χ4v) is 3.16. The van der Waals surface area contributed by atoms with Crippen molar-refractivity contribution in [2.75, 3.05) is 13.7 Å². The van der Waals surface area contributed by atoms with Gasteiger partial charge in [0, 0.05) is 12.7 Å². The molecule has 10 heteroatoms. The van der Waals surface area contributed by atoms with Gasteiger partial charge in [-0.2, -0.15) is 5.26 Å². The number of pyridine rings is 1. The van der Waals surface area contributed by atoms with Gasteiger partial charge in [0.1, 0.15) is 18.4 Å². The van der Waals surface area contributed by atoms with Crippen LogP contribution in [0.4, 0.5) is 0 Å². The van der Waals surface area contributed by atoms with Gasteiger partial charge in [-0.05, 0) is 17.7 Å². The van der Waals surface area contributed by atoms with Crippen LogP contribution in [0.5, 0.6) is 11.5 Å². The van der Waals surface area contributed by atoms with E-state index in [1.807, 2.05) is 18.2 Å². The van der Waals surface area contributed by atoms with E-state index in [4.69, 9.17) is 21.4 Å². The number of methoxy groups -OCH3 is 1. The highest BCUT2D eigenvalue weighted by atomic mass is 35.5. The van der Waals surface area contributed by atoms with Gasteiger partial charge in [0.15, 0.2) is 17.1 Å². The molecule has 0 saturated heterocycles. The molecule has 0 bridgehead atoms. The van der Waals surface area contributed by atoms with Crippen LogP contribution in [0.15, 0.2) is 30.5 Å². The Labute approximate surface area is 169 Å². The number of nitrogens with one attached hydrogen (secondary N) is 1. The number of benzene rings is 1. The van der Waals surface area contributed by atoms with Crippen LogP contribution in [0, 0.1) is 11.3 Å². The van der Waals surface area contributed by atoms with Crippen molar-refractivity contribution in [2.45, 2.75) is 6.54 Å². The summed E-state index contributed by atoms with van der Waals surface area (Å²) in [5.74, 6) is -2.02. The van der Waals surface area contributed by atoms with Crippen molar-refractivity contribution in [1.29, 1.82) is 5.26 Å². The molecule has 1 aromatic carbocycles. The molecule has 2 aromatic heterocycles. The van der Waals surface area contributed by atoms with Gasteiger partial charge in [-0.15, -0.1) is 0 Å². The van der Waals surface area contributed by atoms with Crippen LogP contribution in [-0.4, -0.2) is 45.3 Å². The summed E-state index contributed by atoms with van der Waals surface area (Å²) in [7, 11) is 1.56. The lowest BCUT2D eigenvalue weighted by atomic mass is 10.1. The highest BCUT2D eigenvalue weighted by Crippen LogP contribution is 2.37. The largest absolute Gasteiger partial charge is 0.505 e. The van der Waals surface area contributed by atoms with E-state index >= 15 is 0 Å². The van der Waals surface area contributed by atoms with Crippen LogP contribution in [-0.2, 0) is 11.3 Å². The summed E-state index contributed by atoms with van der Waals surface area (Å²) in [5, 5.41) is 31.1. The third kappa shape index (κ3) is 3.93. The minimum Gasteiger partial charge on any atom is -0.505 e. The Morgan fingerprint density at radius 2 is 2.03 bits per heavy atom. The molecule has 1 amide bonds. The SMILES string of the molecule is COc1ccc(Cn2cc(Cl)c3c(O)c(C(=O)NCC(=O)O)nc(C#N)c32)cc1. The lowest BCUT2D eigenvalue weighted by molar-refractivity contribution is -0.135. The molecule has 0 saturated carbocycles. The third-order valence-corrected chi connectivity index (χ3v) is 4.46. The number of carboxylic acid groups (broad SMARTS) is 1. The van der Waals surface area contributed by atoms with Crippen LogP contribution in [0.25, 0.3) is 10.9 Å². The topological polar surface area (TPSA) is 137 Å². The Morgan fingerprint density at radius 1 is 1.34 bits per heavy atom. The van der Waals surface area contributed by atoms with Gasteiger partial charge in [-0.1, -0.05) is 23.7 Å². The predicted octanol–water partition coefficient (Wildman–Crippen LogP) is 2.14. The van der Waals surface area contributed by atoms with Crippen molar-refractivity contribution in [3.05, 3.63) is 52.4 Å². The average molecular weight is 415 g/mol. The maximum atomic E-state index is 12.2. The van der Waals surface area contributed by atoms with Gasteiger partial charge in [0.05, 0.1) is 23.0 Å². The number of carboxylic acids is 1. The Hall–Kier alpha value is -3.77. The Balaban J connectivity index is 2.08. The molecule has 148 valence electrons. The smallest absolute Gasteiger partial charge is 0.322 e. The van der Waals surface area contributed by atoms with E-state index in [1.54, 1.807) is 23.8 Å². The molecule has 0 aliphatic carbocycles. The first-order valence-corrected chi connectivity index (χ1v) is 8.67. The minimum absolute atomic E-state index is 0.0900. The highest BCUT2D eigenvalue weighted by molar-refractivity contribution is 6.36. The van der Waals surface area contributed by atoms with E-state index in [0.29, 0.717) is 12.3 Å². The Kier molecular flexibility index (Phi) is 5.57. The fourth-order valence-electron chi connectivity index (χ4n) is 2.87. The number of hydrogen-bond donors (Lipinski definition) is 3. The monoisotopic (exact) mass is 414 g/mol. The number of aromatic nitrogens is 2. The molecule has 3 rings (SSSR count).